The number of rotatable bonds is 30. The minimum Gasteiger partial charge on any atom is -0.508 e. The van der Waals surface area contributed by atoms with Gasteiger partial charge in [-0.25, -0.2) is 4.98 Å². The number of piperidine rings is 1. The molecule has 5 aliphatic rings. The number of aliphatic hydroxyl groups excluding tert-OH is 8. The van der Waals surface area contributed by atoms with Crippen LogP contribution in [0.1, 0.15) is 170 Å². The third kappa shape index (κ3) is 41.7. The summed E-state index contributed by atoms with van der Waals surface area (Å²) in [4.78, 5) is 38.1. The number of carbonyl (C=O) groups excluding carboxylic acids is 2. The second kappa shape index (κ2) is 56.5. The van der Waals surface area contributed by atoms with Crippen LogP contribution in [0, 0.1) is 17.2 Å². The van der Waals surface area contributed by atoms with Gasteiger partial charge in [0.05, 0.1) is 82.0 Å². The lowest BCUT2D eigenvalue weighted by atomic mass is 9.72. The number of thioether (sulfide) groups is 2. The van der Waals surface area contributed by atoms with E-state index in [-0.39, 0.29) is 66.6 Å². The summed E-state index contributed by atoms with van der Waals surface area (Å²) < 4.78 is 11.2. The van der Waals surface area contributed by atoms with E-state index in [1.165, 1.54) is 61.7 Å². The van der Waals surface area contributed by atoms with Crippen molar-refractivity contribution >= 4 is 74.6 Å². The van der Waals surface area contributed by atoms with Crippen molar-refractivity contribution in [2.75, 3.05) is 117 Å². The second-order valence-electron chi connectivity index (χ2n) is 35.1. The first-order valence-electron chi connectivity index (χ1n) is 43.9. The smallest absolute Gasteiger partial charge is 0.303 e. The van der Waals surface area contributed by atoms with Gasteiger partial charge < -0.3 is 91.4 Å². The second-order valence-corrected chi connectivity index (χ2v) is 38.1. The molecular weight excluding hydrogens is 1690 g/mol. The number of β-amino-alcohol motifs (C(OH)–C–C–N with tert-alkyl or cyclic N) is 4. The number of aliphatic hydroxyl groups is 8. The fourth-order valence-electron chi connectivity index (χ4n) is 14.5. The average molecular weight is 1830 g/mol. The van der Waals surface area contributed by atoms with Gasteiger partial charge >= 0.3 is 5.97 Å². The van der Waals surface area contributed by atoms with E-state index in [1.54, 1.807) is 55.2 Å². The van der Waals surface area contributed by atoms with Crippen molar-refractivity contribution < 1.29 is 69.5 Å². The number of amidine groups is 2. The maximum Gasteiger partial charge on any atom is 0.303 e. The maximum atomic E-state index is 12.2. The van der Waals surface area contributed by atoms with E-state index in [4.69, 9.17) is 59.0 Å². The van der Waals surface area contributed by atoms with Gasteiger partial charge in [-0.15, -0.1) is 0 Å². The Kier molecular flexibility index (Phi) is 47.9. The number of ether oxygens (including phenoxy) is 2. The molecule has 0 radical (unpaired) electrons. The molecule has 0 bridgehead atoms. The Morgan fingerprint density at radius 2 is 1.24 bits per heavy atom. The number of likely N-dealkylation sites (N-methyl/N-ethyl adjacent to an activating group) is 1. The number of esters is 1. The lowest BCUT2D eigenvalue weighted by molar-refractivity contribution is -0.873. The first-order valence-corrected chi connectivity index (χ1v) is 46.6. The number of ketones is 1. The molecule has 1 saturated carbocycles. The minimum absolute atomic E-state index is 0.00694. The number of halogens is 2. The van der Waals surface area contributed by atoms with Gasteiger partial charge in [-0.1, -0.05) is 237 Å². The number of aromatic nitrogens is 1. The molecule has 1 aromatic heterocycles. The number of phenols is 1. The Hall–Kier alpha value is -8.07. The highest BCUT2D eigenvalue weighted by Crippen LogP contribution is 2.40. The van der Waals surface area contributed by atoms with Gasteiger partial charge in [0.1, 0.15) is 48.5 Å². The number of anilines is 1. The normalized spacial score (nSPS) is 18.4. The third-order valence-electron chi connectivity index (χ3n) is 21.5. The summed E-state index contributed by atoms with van der Waals surface area (Å²) in [6.45, 7) is 24.1. The van der Waals surface area contributed by atoms with Gasteiger partial charge in [0, 0.05) is 117 Å². The molecule has 3 saturated heterocycles. The van der Waals surface area contributed by atoms with Crippen LogP contribution in [-0.2, 0) is 27.4 Å². The number of likely N-dealkylation sites (tertiary alicyclic amines) is 1. The molecule has 0 spiro atoms. The van der Waals surface area contributed by atoms with Crippen molar-refractivity contribution in [3.05, 3.63) is 261 Å². The summed E-state index contributed by atoms with van der Waals surface area (Å²) in [7, 11) is 6.21. The number of nitrogens with two attached hydrogens (primary N) is 1. The van der Waals surface area contributed by atoms with Crippen molar-refractivity contribution in [2.45, 2.75) is 186 Å². The van der Waals surface area contributed by atoms with Crippen LogP contribution < -0.4 is 26.4 Å². The molecular formula is C99H142Cl2N11O13S2+. The molecule has 28 heteroatoms. The fraction of sp³-hybridized carbons (Fsp3) is 0.485. The van der Waals surface area contributed by atoms with E-state index in [1.807, 2.05) is 205 Å². The number of hydrogen-bond donors (Lipinski definition) is 14. The van der Waals surface area contributed by atoms with Crippen LogP contribution in [0.2, 0.25) is 10.0 Å². The molecule has 12 atom stereocenters. The minimum atomic E-state index is -0.609. The van der Waals surface area contributed by atoms with E-state index >= 15 is 0 Å². The SMILES string of the molecule is CC(=O)OC(C)C[N+](C)(C)C.CC(=O)[C@@H]1C[C@H]2CCCC[C@H]2CN1C[C@@H](O)[C@@H](N)Cc1ccccc1.CC(C)(C)NC[C@H](O)COc1cc(Cl)ccc1Cl.CC(C)(CO)NC[C@H](O)c1ccccc1.CC[C@H](O)c1ccc(O)c(CO)c1.N=C1SCCN1C[C@H](O)c1ccccc1.O[C@@H](CNc1ccccn1)c1ccccc1.c1ccc([C@@H]2CN3CCSC3=N2)cc1. The van der Waals surface area contributed by atoms with Crippen LogP contribution in [-0.4, -0.2) is 245 Å². The molecule has 0 amide bonds. The largest absolute Gasteiger partial charge is 0.508 e. The molecule has 7 aromatic carbocycles. The molecule has 1 aliphatic carbocycles. The van der Waals surface area contributed by atoms with Gasteiger partial charge in [0.15, 0.2) is 10.3 Å². The summed E-state index contributed by atoms with van der Waals surface area (Å²) >= 11 is 15.2. The Bertz CT molecular complexity index is 4450. The third-order valence-corrected chi connectivity index (χ3v) is 23.9. The predicted molar refractivity (Wildman–Crippen MR) is 518 cm³/mol. The van der Waals surface area contributed by atoms with Crippen molar-refractivity contribution in [1.82, 2.24) is 30.3 Å². The summed E-state index contributed by atoms with van der Waals surface area (Å²) in [5.41, 5.74) is 12.2. The Morgan fingerprint density at radius 3 is 1.77 bits per heavy atom. The highest BCUT2D eigenvalue weighted by Gasteiger charge is 2.40. The number of Topliss-reactive ketones (excluding diaryl/α,β-unsaturated/α-hetero) is 1. The Morgan fingerprint density at radius 1 is 0.661 bits per heavy atom. The first-order chi connectivity index (χ1) is 60.4. The number of fused-ring (bicyclic) bond motifs is 2. The standard InChI is InChI=1S/C21H32N2O2.C13H19Cl2NO2.C13H14N2O.C12H19NO2.C11H14N2OS.C11H12N2S.C10H14O3.C8H18NO2/c1-15(24)20-12-17-9-5-6-10-18(17)13-23(20)14-21(25)19(22)11-16-7-3-2-4-8-16;1-13(2,3)16-7-10(17)8-18-12-6-9(14)4-5-11(12)15;16-12(11-6-2-1-3-7-11)10-15-13-8-4-5-9-14-13;1-12(2,9-14)13-8-11(15)10-6-4-3-5-7-10;12-11-13(6-7-15-11)8-10(14)9-4-2-1-3-5-9;1-2-4-9(5-3-1)10-8-13-6-7-14-11(13)12-10;1-2-9(12)7-3-4-10(13)8(5-7)6-11;1-7(11-8(2)10)6-9(3,4)5/h2-4,7-8,17-21,25H,5-6,9-14,22H2,1H3;4-6,10,16-17H,7-8H2,1-3H3;1-9,12,16H,10H2,(H,14,15);3-7,11,13-15H,8-9H2,1-2H3;1-5,10,12,14H,6-8H2;1-5,10H,6-8H2;3-5,9,11-13H,2,6H2,1H3;7H,6H2,1-5H3/q;;;;;;;+1/t17-,18+,19+,20+,21-;10-;12-;11-;2*10-;9-;/m1000000./s1. The average Bonchev–Trinajstić information content (AvgIpc) is 1.72. The molecule has 127 heavy (non-hydrogen) atoms. The van der Waals surface area contributed by atoms with Gasteiger partial charge in [-0.2, -0.15) is 0 Å². The van der Waals surface area contributed by atoms with Crippen LogP contribution in [0.25, 0.3) is 0 Å². The number of aliphatic imine (C=N–C) groups is 1. The summed E-state index contributed by atoms with van der Waals surface area (Å²) in [5, 5.41) is 107. The first kappa shape index (κ1) is 108. The number of aromatic hydroxyl groups is 1. The number of pyridine rings is 1. The molecule has 8 aromatic rings. The van der Waals surface area contributed by atoms with Crippen LogP contribution in [0.5, 0.6) is 11.5 Å². The lowest BCUT2D eigenvalue weighted by Crippen LogP contribution is -2.55. The monoisotopic (exact) mass is 1830 g/mol. The summed E-state index contributed by atoms with van der Waals surface area (Å²) in [6, 6.07) is 64.7. The highest BCUT2D eigenvalue weighted by atomic mass is 35.5. The Balaban J connectivity index is 0.000000227. The summed E-state index contributed by atoms with van der Waals surface area (Å²) in [5.74, 6) is 4.89. The van der Waals surface area contributed by atoms with Crippen LogP contribution in [0.3, 0.4) is 0 Å². The summed E-state index contributed by atoms with van der Waals surface area (Å²) in [6.07, 6.45) is 5.83. The van der Waals surface area contributed by atoms with E-state index in [2.05, 4.69) is 82.2 Å². The zero-order valence-electron chi connectivity index (χ0n) is 76.2. The molecule has 4 fully saturated rings. The molecule has 15 N–H and O–H groups in total. The molecule has 24 nitrogen and oxygen atoms in total. The van der Waals surface area contributed by atoms with Crippen molar-refractivity contribution in [2.24, 2.45) is 22.6 Å². The zero-order chi connectivity index (χ0) is 93.1. The Labute approximate surface area is 772 Å². The molecule has 13 rings (SSSR count). The fourth-order valence-corrected chi connectivity index (χ4v) is 16.7. The maximum absolute atomic E-state index is 12.2. The van der Waals surface area contributed by atoms with Crippen molar-refractivity contribution in [1.29, 1.82) is 5.41 Å². The number of nitrogens with zero attached hydrogens (tertiary/aromatic N) is 6. The predicted octanol–water partition coefficient (Wildman–Crippen LogP) is 14.6. The van der Waals surface area contributed by atoms with Crippen molar-refractivity contribution in [3.63, 3.8) is 0 Å². The number of quaternary nitrogens is 1. The quantitative estimate of drug-likeness (QED) is 0.0147. The topological polar surface area (TPSA) is 356 Å². The molecule has 696 valence electrons. The van der Waals surface area contributed by atoms with Gasteiger partial charge in [-0.3, -0.25) is 24.9 Å². The van der Waals surface area contributed by atoms with Crippen molar-refractivity contribution in [3.8, 4) is 11.5 Å². The van der Waals surface area contributed by atoms with Gasteiger partial charge in [0.25, 0.3) is 0 Å². The van der Waals surface area contributed by atoms with E-state index in [9.17, 15) is 45.3 Å². The molecule has 1 unspecified atom stereocenters. The van der Waals surface area contributed by atoms with Gasteiger partial charge in [0.2, 0.25) is 0 Å². The highest BCUT2D eigenvalue weighted by molar-refractivity contribution is 8.14. The number of hydrogen-bond acceptors (Lipinski definition) is 24. The molecule has 5 heterocycles. The van der Waals surface area contributed by atoms with E-state index in [0.29, 0.717) is 90.0 Å². The lowest BCUT2D eigenvalue weighted by Gasteiger charge is -2.46. The zero-order valence-corrected chi connectivity index (χ0v) is 79.3. The van der Waals surface area contributed by atoms with Crippen LogP contribution in [0.15, 0.2) is 217 Å². The van der Waals surface area contributed by atoms with Gasteiger partial charge in [-0.05, 0) is 156 Å². The number of benzene rings is 7. The van der Waals surface area contributed by atoms with E-state index < -0.39 is 36.6 Å². The number of carbonyl (C=O) groups is 2. The van der Waals surface area contributed by atoms with Crippen LogP contribution in [0.4, 0.5) is 5.82 Å². The molecule has 4 aliphatic heterocycles. The van der Waals surface area contributed by atoms with E-state index in [0.717, 1.165) is 76.5 Å². The number of nitrogens with one attached hydrogen (secondary N) is 4. The van der Waals surface area contributed by atoms with Crippen LogP contribution >= 0.6 is 46.7 Å².